The molecule has 2 atom stereocenters. The van der Waals surface area contributed by atoms with Crippen molar-refractivity contribution in [1.82, 2.24) is 29.5 Å². The van der Waals surface area contributed by atoms with Crippen LogP contribution in [0.2, 0.25) is 0 Å². The van der Waals surface area contributed by atoms with Crippen molar-refractivity contribution < 1.29 is 9.53 Å². The first-order chi connectivity index (χ1) is 13.6. The van der Waals surface area contributed by atoms with E-state index in [0.717, 1.165) is 36.3 Å². The molecule has 2 unspecified atom stereocenters. The van der Waals surface area contributed by atoms with Crippen molar-refractivity contribution >= 4 is 23.0 Å². The van der Waals surface area contributed by atoms with E-state index in [0.29, 0.717) is 23.7 Å². The van der Waals surface area contributed by atoms with Crippen LogP contribution in [0.5, 0.6) is 0 Å². The lowest BCUT2D eigenvalue weighted by atomic mass is 10.1. The zero-order valence-corrected chi connectivity index (χ0v) is 16.2. The quantitative estimate of drug-likeness (QED) is 0.671. The molecule has 9 heteroatoms. The van der Waals surface area contributed by atoms with Crippen LogP contribution in [-0.2, 0) is 16.1 Å². The predicted molar refractivity (Wildman–Crippen MR) is 104 cm³/mol. The van der Waals surface area contributed by atoms with Gasteiger partial charge in [0.05, 0.1) is 18.6 Å². The third kappa shape index (κ3) is 3.28. The number of aromatic nitrogens is 6. The highest BCUT2D eigenvalue weighted by Crippen LogP contribution is 2.31. The molecule has 1 N–H and O–H groups in total. The van der Waals surface area contributed by atoms with E-state index < -0.39 is 0 Å². The second-order valence-corrected chi connectivity index (χ2v) is 6.97. The SMILES string of the molecule is CCn1c(-c2cnc(C)nc2)nc2c(NC3CCC(C(=O)OC)C3)ncnc21. The number of ether oxygens (including phenoxy) is 1. The molecule has 0 radical (unpaired) electrons. The number of carbonyl (C=O) groups is 1. The Morgan fingerprint density at radius 1 is 1.25 bits per heavy atom. The molecule has 3 heterocycles. The summed E-state index contributed by atoms with van der Waals surface area (Å²) < 4.78 is 6.90. The number of methoxy groups -OCH3 is 1. The fourth-order valence-corrected chi connectivity index (χ4v) is 3.76. The van der Waals surface area contributed by atoms with Gasteiger partial charge in [-0.15, -0.1) is 0 Å². The number of aryl methyl sites for hydroxylation is 2. The third-order valence-corrected chi connectivity index (χ3v) is 5.20. The molecule has 0 aromatic carbocycles. The van der Waals surface area contributed by atoms with Gasteiger partial charge in [-0.2, -0.15) is 0 Å². The van der Waals surface area contributed by atoms with E-state index in [9.17, 15) is 4.79 Å². The molecule has 0 amide bonds. The maximum atomic E-state index is 11.8. The van der Waals surface area contributed by atoms with Crippen LogP contribution in [-0.4, -0.2) is 48.6 Å². The lowest BCUT2D eigenvalue weighted by Crippen LogP contribution is -2.19. The van der Waals surface area contributed by atoms with E-state index >= 15 is 0 Å². The van der Waals surface area contributed by atoms with E-state index in [4.69, 9.17) is 9.72 Å². The minimum absolute atomic E-state index is 0.0618. The highest BCUT2D eigenvalue weighted by Gasteiger charge is 2.31. The fourth-order valence-electron chi connectivity index (χ4n) is 3.76. The van der Waals surface area contributed by atoms with Gasteiger partial charge in [-0.05, 0) is 33.1 Å². The van der Waals surface area contributed by atoms with Crippen LogP contribution in [0.25, 0.3) is 22.6 Å². The summed E-state index contributed by atoms with van der Waals surface area (Å²) in [4.78, 5) is 34.0. The van der Waals surface area contributed by atoms with E-state index in [1.165, 1.54) is 7.11 Å². The van der Waals surface area contributed by atoms with Crippen LogP contribution < -0.4 is 5.32 Å². The molecule has 0 spiro atoms. The van der Waals surface area contributed by atoms with E-state index in [-0.39, 0.29) is 17.9 Å². The van der Waals surface area contributed by atoms with Crippen LogP contribution in [0.3, 0.4) is 0 Å². The molecule has 28 heavy (non-hydrogen) atoms. The number of nitrogens with zero attached hydrogens (tertiary/aromatic N) is 6. The van der Waals surface area contributed by atoms with Gasteiger partial charge in [-0.1, -0.05) is 0 Å². The number of carbonyl (C=O) groups excluding carboxylic acids is 1. The van der Waals surface area contributed by atoms with Crippen molar-refractivity contribution in [2.75, 3.05) is 12.4 Å². The van der Waals surface area contributed by atoms with E-state index in [2.05, 4.69) is 25.3 Å². The summed E-state index contributed by atoms with van der Waals surface area (Å²) in [7, 11) is 1.44. The largest absolute Gasteiger partial charge is 0.469 e. The molecule has 146 valence electrons. The molecule has 3 aromatic heterocycles. The van der Waals surface area contributed by atoms with Gasteiger partial charge in [-0.25, -0.2) is 24.9 Å². The monoisotopic (exact) mass is 381 g/mol. The molecule has 3 aromatic rings. The number of hydrogen-bond acceptors (Lipinski definition) is 8. The molecule has 0 saturated heterocycles. The molecular formula is C19H23N7O2. The zero-order valence-electron chi connectivity index (χ0n) is 16.2. The van der Waals surface area contributed by atoms with E-state index in [1.54, 1.807) is 18.7 Å². The maximum absolute atomic E-state index is 11.8. The summed E-state index contributed by atoms with van der Waals surface area (Å²) >= 11 is 0. The molecule has 9 nitrogen and oxygen atoms in total. The van der Waals surface area contributed by atoms with Crippen LogP contribution in [0.4, 0.5) is 5.82 Å². The summed E-state index contributed by atoms with van der Waals surface area (Å²) in [6.07, 6.45) is 7.51. The normalized spacial score (nSPS) is 19.1. The second kappa shape index (κ2) is 7.49. The summed E-state index contributed by atoms with van der Waals surface area (Å²) in [5, 5.41) is 3.45. The molecule has 0 aliphatic heterocycles. The molecule has 1 aliphatic carbocycles. The van der Waals surface area contributed by atoms with Gasteiger partial charge in [0.25, 0.3) is 0 Å². The Balaban J connectivity index is 1.67. The van der Waals surface area contributed by atoms with Crippen molar-refractivity contribution in [1.29, 1.82) is 0 Å². The second-order valence-electron chi connectivity index (χ2n) is 6.97. The number of hydrogen-bond donors (Lipinski definition) is 1. The Morgan fingerprint density at radius 2 is 2.04 bits per heavy atom. The minimum Gasteiger partial charge on any atom is -0.469 e. The van der Waals surface area contributed by atoms with Gasteiger partial charge in [0.1, 0.15) is 18.0 Å². The predicted octanol–water partition coefficient (Wildman–Crippen LogP) is 2.37. The topological polar surface area (TPSA) is 108 Å². The molecule has 1 saturated carbocycles. The van der Waals surface area contributed by atoms with Gasteiger partial charge >= 0.3 is 5.97 Å². The Hall–Kier alpha value is -3.10. The van der Waals surface area contributed by atoms with Crippen molar-refractivity contribution in [3.8, 4) is 11.4 Å². The highest BCUT2D eigenvalue weighted by molar-refractivity contribution is 5.86. The summed E-state index contributed by atoms with van der Waals surface area (Å²) in [6.45, 7) is 4.61. The average molecular weight is 381 g/mol. The van der Waals surface area contributed by atoms with Gasteiger partial charge in [0, 0.05) is 25.0 Å². The summed E-state index contributed by atoms with van der Waals surface area (Å²) in [5.41, 5.74) is 2.31. The van der Waals surface area contributed by atoms with Crippen LogP contribution >= 0.6 is 0 Å². The molecule has 4 rings (SSSR count). The third-order valence-electron chi connectivity index (χ3n) is 5.20. The summed E-state index contributed by atoms with van der Waals surface area (Å²) in [6, 6.07) is 0.153. The number of anilines is 1. The maximum Gasteiger partial charge on any atom is 0.308 e. The first-order valence-electron chi connectivity index (χ1n) is 9.45. The average Bonchev–Trinajstić information content (AvgIpc) is 3.33. The van der Waals surface area contributed by atoms with Crippen LogP contribution in [0.15, 0.2) is 18.7 Å². The number of rotatable bonds is 5. The standard InChI is InChI=1S/C19H23N7O2/c1-4-26-17(13-8-20-11(2)21-9-13)25-15-16(22-10-23-18(15)26)24-14-6-5-12(7-14)19(27)28-3/h8-10,12,14H,4-7H2,1-3H3,(H,22,23,24). The smallest absolute Gasteiger partial charge is 0.308 e. The molecule has 1 aliphatic rings. The Kier molecular flexibility index (Phi) is 4.89. The fraction of sp³-hybridized carbons (Fsp3) is 0.474. The number of fused-ring (bicyclic) bond motifs is 1. The first kappa shape index (κ1) is 18.3. The molecule has 1 fully saturated rings. The van der Waals surface area contributed by atoms with Crippen molar-refractivity contribution in [3.63, 3.8) is 0 Å². The summed E-state index contributed by atoms with van der Waals surface area (Å²) in [5.74, 6) is 1.95. The first-order valence-corrected chi connectivity index (χ1v) is 9.45. The lowest BCUT2D eigenvalue weighted by molar-refractivity contribution is -0.145. The van der Waals surface area contributed by atoms with Gasteiger partial charge in [0.15, 0.2) is 17.0 Å². The minimum atomic E-state index is -0.144. The van der Waals surface area contributed by atoms with Crippen molar-refractivity contribution in [2.45, 2.75) is 45.7 Å². The van der Waals surface area contributed by atoms with Crippen LogP contribution in [0, 0.1) is 12.8 Å². The molecular weight excluding hydrogens is 358 g/mol. The number of esters is 1. The Morgan fingerprint density at radius 3 is 2.75 bits per heavy atom. The van der Waals surface area contributed by atoms with Crippen molar-refractivity contribution in [3.05, 3.63) is 24.5 Å². The molecule has 0 bridgehead atoms. The lowest BCUT2D eigenvalue weighted by Gasteiger charge is -2.13. The number of nitrogens with one attached hydrogen (secondary N) is 1. The van der Waals surface area contributed by atoms with Gasteiger partial charge in [0.2, 0.25) is 0 Å². The van der Waals surface area contributed by atoms with Gasteiger partial charge < -0.3 is 14.6 Å². The van der Waals surface area contributed by atoms with Gasteiger partial charge in [-0.3, -0.25) is 4.79 Å². The highest BCUT2D eigenvalue weighted by atomic mass is 16.5. The van der Waals surface area contributed by atoms with Crippen LogP contribution in [0.1, 0.15) is 32.0 Å². The van der Waals surface area contributed by atoms with E-state index in [1.807, 2.05) is 18.4 Å². The Bertz CT molecular complexity index is 999. The Labute approximate surface area is 162 Å². The number of imidazole rings is 1. The van der Waals surface area contributed by atoms with Crippen molar-refractivity contribution in [2.24, 2.45) is 5.92 Å². The zero-order chi connectivity index (χ0) is 19.7.